The van der Waals surface area contributed by atoms with Crippen LogP contribution in [-0.2, 0) is 24.4 Å². The lowest BCUT2D eigenvalue weighted by molar-refractivity contribution is -0.116. The fourth-order valence-electron chi connectivity index (χ4n) is 4.50. The molecule has 4 aromatic rings. The number of carbonyl (C=O) groups is 1. The molecule has 0 spiro atoms. The smallest absolute Gasteiger partial charge is 0.277 e. The van der Waals surface area contributed by atoms with E-state index in [-0.39, 0.29) is 24.4 Å². The van der Waals surface area contributed by atoms with Gasteiger partial charge in [0.2, 0.25) is 5.91 Å². The summed E-state index contributed by atoms with van der Waals surface area (Å²) in [5.74, 6) is -0.167. The maximum atomic E-state index is 12.5. The van der Waals surface area contributed by atoms with Gasteiger partial charge in [0.15, 0.2) is 0 Å². The number of hydrogen-bond acceptors (Lipinski definition) is 6. The monoisotopic (exact) mass is 482 g/mol. The molecule has 0 radical (unpaired) electrons. The van der Waals surface area contributed by atoms with Gasteiger partial charge in [0.1, 0.15) is 5.52 Å². The number of aryl methyl sites for hydroxylation is 1. The number of nitrogens with zero attached hydrogens (tertiary/aromatic N) is 5. The van der Waals surface area contributed by atoms with Gasteiger partial charge in [-0.3, -0.25) is 19.4 Å². The Morgan fingerprint density at radius 3 is 2.08 bits per heavy atom. The molecule has 1 aromatic heterocycles. The molecule has 36 heavy (non-hydrogen) atoms. The van der Waals surface area contributed by atoms with Crippen LogP contribution in [0.2, 0.25) is 0 Å². The summed E-state index contributed by atoms with van der Waals surface area (Å²) in [6, 6.07) is 25.7. The molecule has 8 nitrogen and oxygen atoms in total. The van der Waals surface area contributed by atoms with Gasteiger partial charge in [0.25, 0.3) is 5.56 Å². The van der Waals surface area contributed by atoms with Crippen molar-refractivity contribution in [3.63, 3.8) is 0 Å². The predicted octanol–water partition coefficient (Wildman–Crippen LogP) is 3.14. The van der Waals surface area contributed by atoms with Crippen molar-refractivity contribution in [2.45, 2.75) is 26.1 Å². The summed E-state index contributed by atoms with van der Waals surface area (Å²) in [4.78, 5) is 29.9. The Balaban J connectivity index is 1.07. The third-order valence-electron chi connectivity index (χ3n) is 6.54. The largest absolute Gasteiger partial charge is 0.326 e. The lowest BCUT2D eigenvalue weighted by atomic mass is 10.1. The second-order valence-electron chi connectivity index (χ2n) is 9.17. The zero-order valence-corrected chi connectivity index (χ0v) is 20.2. The quantitative estimate of drug-likeness (QED) is 0.416. The van der Waals surface area contributed by atoms with Crippen molar-refractivity contribution >= 4 is 22.5 Å². The van der Waals surface area contributed by atoms with Crippen LogP contribution < -0.4 is 10.9 Å². The number of piperazine rings is 1. The molecule has 0 atom stereocenters. The molecule has 1 amide bonds. The molecule has 5 rings (SSSR count). The van der Waals surface area contributed by atoms with Crippen LogP contribution in [0.15, 0.2) is 83.7 Å². The van der Waals surface area contributed by atoms with Gasteiger partial charge < -0.3 is 5.32 Å². The Kier molecular flexibility index (Phi) is 7.44. The predicted molar refractivity (Wildman–Crippen MR) is 140 cm³/mol. The molecular formula is C28H30N6O2. The standard InChI is InChI=1S/C28H30N6O2/c35-27(14-15-34-28(36)25-8-4-5-9-26(25)30-31-34)29-24-12-10-23(11-13-24)21-33-18-16-32(17-19-33)20-22-6-2-1-3-7-22/h1-13H,14-21H2,(H,29,35). The molecule has 0 aliphatic carbocycles. The van der Waals surface area contributed by atoms with Crippen molar-refractivity contribution in [3.8, 4) is 0 Å². The number of fused-ring (bicyclic) bond motifs is 1. The van der Waals surface area contributed by atoms with Gasteiger partial charge in [-0.25, -0.2) is 4.68 Å². The van der Waals surface area contributed by atoms with Crippen LogP contribution in [0.25, 0.3) is 10.9 Å². The Labute approximate surface area is 210 Å². The highest BCUT2D eigenvalue weighted by Crippen LogP contribution is 2.15. The third kappa shape index (κ3) is 6.02. The molecule has 0 bridgehead atoms. The minimum Gasteiger partial charge on any atom is -0.326 e. The lowest BCUT2D eigenvalue weighted by Crippen LogP contribution is -2.45. The van der Waals surface area contributed by atoms with Crippen molar-refractivity contribution in [2.75, 3.05) is 31.5 Å². The summed E-state index contributed by atoms with van der Waals surface area (Å²) in [6.45, 7) is 6.30. The first-order valence-corrected chi connectivity index (χ1v) is 12.3. The van der Waals surface area contributed by atoms with Crippen LogP contribution in [-0.4, -0.2) is 56.9 Å². The zero-order valence-electron chi connectivity index (χ0n) is 20.2. The first kappa shape index (κ1) is 23.8. The Morgan fingerprint density at radius 2 is 1.39 bits per heavy atom. The van der Waals surface area contributed by atoms with E-state index in [1.54, 1.807) is 18.2 Å². The second kappa shape index (κ2) is 11.2. The molecule has 184 valence electrons. The van der Waals surface area contributed by atoms with E-state index in [2.05, 4.69) is 67.9 Å². The SMILES string of the molecule is O=C(CCn1nnc2ccccc2c1=O)Nc1ccc(CN2CCN(Cc3ccccc3)CC2)cc1. The summed E-state index contributed by atoms with van der Waals surface area (Å²) in [6.07, 6.45) is 0.141. The number of carbonyl (C=O) groups excluding carboxylic acids is 1. The van der Waals surface area contributed by atoms with Gasteiger partial charge >= 0.3 is 0 Å². The topological polar surface area (TPSA) is 83.4 Å². The maximum absolute atomic E-state index is 12.5. The van der Waals surface area contributed by atoms with Crippen molar-refractivity contribution < 1.29 is 4.79 Å². The third-order valence-corrected chi connectivity index (χ3v) is 6.54. The zero-order chi connectivity index (χ0) is 24.7. The van der Waals surface area contributed by atoms with Crippen LogP contribution in [0.5, 0.6) is 0 Å². The Morgan fingerprint density at radius 1 is 0.778 bits per heavy atom. The minimum absolute atomic E-state index is 0.141. The van der Waals surface area contributed by atoms with E-state index >= 15 is 0 Å². The van der Waals surface area contributed by atoms with Gasteiger partial charge in [-0.05, 0) is 35.4 Å². The number of hydrogen-bond donors (Lipinski definition) is 1. The van der Waals surface area contributed by atoms with E-state index in [9.17, 15) is 9.59 Å². The number of benzene rings is 3. The van der Waals surface area contributed by atoms with E-state index in [1.165, 1.54) is 15.8 Å². The normalized spacial score (nSPS) is 14.7. The molecule has 1 fully saturated rings. The fraction of sp³-hybridized carbons (Fsp3) is 0.286. The van der Waals surface area contributed by atoms with Crippen LogP contribution in [0.3, 0.4) is 0 Å². The van der Waals surface area contributed by atoms with Crippen LogP contribution in [0.4, 0.5) is 5.69 Å². The second-order valence-corrected chi connectivity index (χ2v) is 9.17. The van der Waals surface area contributed by atoms with E-state index in [1.807, 2.05) is 18.2 Å². The molecule has 1 N–H and O–H groups in total. The molecular weight excluding hydrogens is 452 g/mol. The lowest BCUT2D eigenvalue weighted by Gasteiger charge is -2.34. The molecule has 8 heteroatoms. The summed E-state index contributed by atoms with van der Waals surface area (Å²) in [7, 11) is 0. The highest BCUT2D eigenvalue weighted by atomic mass is 16.2. The minimum atomic E-state index is -0.237. The Bertz CT molecular complexity index is 1360. The van der Waals surface area contributed by atoms with Gasteiger partial charge in [0.05, 0.1) is 11.9 Å². The molecule has 1 aliphatic rings. The Hall–Kier alpha value is -3.88. The van der Waals surface area contributed by atoms with Crippen molar-refractivity contribution in [1.82, 2.24) is 24.8 Å². The van der Waals surface area contributed by atoms with E-state index in [0.717, 1.165) is 45.0 Å². The summed E-state index contributed by atoms with van der Waals surface area (Å²) in [5, 5.41) is 11.4. The van der Waals surface area contributed by atoms with Crippen molar-refractivity contribution in [3.05, 3.63) is 100 Å². The average molecular weight is 483 g/mol. The van der Waals surface area contributed by atoms with Gasteiger partial charge in [-0.2, -0.15) is 0 Å². The first-order chi connectivity index (χ1) is 17.6. The summed E-state index contributed by atoms with van der Waals surface area (Å²) < 4.78 is 1.24. The van der Waals surface area contributed by atoms with Gasteiger partial charge in [-0.1, -0.05) is 59.8 Å². The first-order valence-electron chi connectivity index (χ1n) is 12.3. The highest BCUT2D eigenvalue weighted by Gasteiger charge is 2.17. The van der Waals surface area contributed by atoms with Crippen LogP contribution >= 0.6 is 0 Å². The average Bonchev–Trinajstić information content (AvgIpc) is 2.91. The van der Waals surface area contributed by atoms with E-state index in [4.69, 9.17) is 0 Å². The van der Waals surface area contributed by atoms with Crippen LogP contribution in [0.1, 0.15) is 17.5 Å². The van der Waals surface area contributed by atoms with Crippen molar-refractivity contribution in [2.24, 2.45) is 0 Å². The van der Waals surface area contributed by atoms with E-state index in [0.29, 0.717) is 10.9 Å². The van der Waals surface area contributed by atoms with E-state index < -0.39 is 0 Å². The van der Waals surface area contributed by atoms with Crippen molar-refractivity contribution in [1.29, 1.82) is 0 Å². The van der Waals surface area contributed by atoms with Gasteiger partial charge in [-0.15, -0.1) is 5.10 Å². The summed E-state index contributed by atoms with van der Waals surface area (Å²) in [5.41, 5.74) is 3.65. The van der Waals surface area contributed by atoms with Crippen LogP contribution in [0, 0.1) is 0 Å². The molecule has 0 unspecified atom stereocenters. The number of rotatable bonds is 8. The number of aromatic nitrogens is 3. The molecule has 1 saturated heterocycles. The summed E-state index contributed by atoms with van der Waals surface area (Å²) >= 11 is 0. The molecule has 3 aromatic carbocycles. The fourth-order valence-corrected chi connectivity index (χ4v) is 4.50. The molecule has 1 aliphatic heterocycles. The maximum Gasteiger partial charge on any atom is 0.277 e. The highest BCUT2D eigenvalue weighted by molar-refractivity contribution is 5.90. The number of anilines is 1. The van der Waals surface area contributed by atoms with Gasteiger partial charge in [0, 0.05) is 51.4 Å². The molecule has 2 heterocycles. The number of nitrogens with one attached hydrogen (secondary N) is 1. The molecule has 0 saturated carbocycles. The number of amides is 1.